The number of unbranched alkanes of at least 4 members (excludes halogenated alkanes) is 18. The SMILES string of the molecule is CC/C=C/C/C=C/C/C=C/C/C=C/C/C=C/C/C=C/CCC(=O)OC[C@@H](COC(=O)CCCCCCC/C=C/CCCCCC)OC(=O)CCCCCCC/C=C/CCCCCC. The molecule has 6 heteroatoms. The molecule has 0 unspecified atom stereocenters. The molecule has 0 amide bonds. The maximum Gasteiger partial charge on any atom is 0.306 e. The second-order valence-corrected chi connectivity index (χ2v) is 16.7. The fourth-order valence-electron chi connectivity index (χ4n) is 6.69. The third-order valence-electron chi connectivity index (χ3n) is 10.6. The molecule has 0 saturated carbocycles. The highest BCUT2D eigenvalue weighted by Gasteiger charge is 2.19. The quantitative estimate of drug-likeness (QED) is 0.0262. The Morgan fingerprint density at radius 1 is 0.333 bits per heavy atom. The van der Waals surface area contributed by atoms with Gasteiger partial charge in [-0.2, -0.15) is 0 Å². The summed E-state index contributed by atoms with van der Waals surface area (Å²) in [6.45, 7) is 6.40. The number of carbonyl (C=O) groups excluding carboxylic acids is 3. The van der Waals surface area contributed by atoms with Gasteiger partial charge < -0.3 is 14.2 Å². The Morgan fingerprint density at radius 3 is 1.06 bits per heavy atom. The van der Waals surface area contributed by atoms with Crippen molar-refractivity contribution in [1.82, 2.24) is 0 Å². The van der Waals surface area contributed by atoms with Crippen LogP contribution in [0.25, 0.3) is 0 Å². The molecule has 0 aromatic carbocycles. The van der Waals surface area contributed by atoms with Gasteiger partial charge in [-0.1, -0.05) is 195 Å². The smallest absolute Gasteiger partial charge is 0.306 e. The van der Waals surface area contributed by atoms with Gasteiger partial charge >= 0.3 is 17.9 Å². The van der Waals surface area contributed by atoms with E-state index in [9.17, 15) is 14.4 Å². The Hall–Kier alpha value is -3.67. The summed E-state index contributed by atoms with van der Waals surface area (Å²) in [5, 5.41) is 0. The maximum atomic E-state index is 12.8. The first-order valence-electron chi connectivity index (χ1n) is 25.7. The van der Waals surface area contributed by atoms with Gasteiger partial charge in [0.2, 0.25) is 0 Å². The van der Waals surface area contributed by atoms with Crippen molar-refractivity contribution in [2.45, 2.75) is 232 Å². The van der Waals surface area contributed by atoms with Crippen molar-refractivity contribution in [1.29, 1.82) is 0 Å². The molecular weight excluding hydrogens is 781 g/mol. The monoisotopic (exact) mass is 875 g/mol. The maximum absolute atomic E-state index is 12.8. The molecule has 0 heterocycles. The highest BCUT2D eigenvalue weighted by Crippen LogP contribution is 2.13. The molecule has 6 nitrogen and oxygen atoms in total. The first-order valence-corrected chi connectivity index (χ1v) is 25.7. The fourth-order valence-corrected chi connectivity index (χ4v) is 6.69. The minimum Gasteiger partial charge on any atom is -0.462 e. The van der Waals surface area contributed by atoms with E-state index in [-0.39, 0.29) is 37.5 Å². The van der Waals surface area contributed by atoms with Crippen LogP contribution in [-0.2, 0) is 28.6 Å². The Morgan fingerprint density at radius 2 is 0.651 bits per heavy atom. The lowest BCUT2D eigenvalue weighted by atomic mass is 10.1. The number of hydrogen-bond acceptors (Lipinski definition) is 6. The molecule has 0 aromatic rings. The van der Waals surface area contributed by atoms with E-state index in [1.165, 1.54) is 77.0 Å². The standard InChI is InChI=1S/C57H94O6/c1-4-7-10-13-16-19-22-25-26-27-28-29-30-33-35-38-41-44-47-50-56(59)62-53-54(63-57(60)51-48-45-42-39-36-32-24-21-18-15-12-9-6-3)52-61-55(58)49-46-43-40-37-34-31-23-20-17-14-11-8-5-2/h7,10,16,19-21,23-26,28-29,33,35,41,44,54H,4-6,8-9,11-15,17-18,22,27,30-32,34,36-40,42-43,45-53H2,1-3H3/b10-7+,19-16+,23-20+,24-21+,26-25+,29-28+,35-33+,44-41+/t54-/m1/s1. The van der Waals surface area contributed by atoms with Crippen LogP contribution in [0.15, 0.2) is 97.2 Å². The summed E-state index contributed by atoms with van der Waals surface area (Å²) in [5.74, 6) is -1.02. The summed E-state index contributed by atoms with van der Waals surface area (Å²) in [6.07, 6.45) is 66.8. The van der Waals surface area contributed by atoms with Gasteiger partial charge in [0.25, 0.3) is 0 Å². The molecule has 0 aromatic heterocycles. The van der Waals surface area contributed by atoms with Gasteiger partial charge in [-0.15, -0.1) is 0 Å². The molecule has 0 N–H and O–H groups in total. The van der Waals surface area contributed by atoms with Crippen LogP contribution in [0.2, 0.25) is 0 Å². The molecule has 0 radical (unpaired) electrons. The molecule has 0 spiro atoms. The molecule has 0 aliphatic carbocycles. The van der Waals surface area contributed by atoms with Gasteiger partial charge in [0.05, 0.1) is 0 Å². The summed E-state index contributed by atoms with van der Waals surface area (Å²) >= 11 is 0. The van der Waals surface area contributed by atoms with Crippen LogP contribution in [0.3, 0.4) is 0 Å². The van der Waals surface area contributed by atoms with E-state index in [1.807, 2.05) is 12.2 Å². The van der Waals surface area contributed by atoms with E-state index in [1.54, 1.807) is 0 Å². The third kappa shape index (κ3) is 49.2. The highest BCUT2D eigenvalue weighted by atomic mass is 16.6. The second-order valence-electron chi connectivity index (χ2n) is 16.7. The molecule has 0 aliphatic rings. The van der Waals surface area contributed by atoms with E-state index in [2.05, 4.69) is 106 Å². The van der Waals surface area contributed by atoms with Gasteiger partial charge in [0.15, 0.2) is 6.10 Å². The van der Waals surface area contributed by atoms with Crippen LogP contribution in [0.1, 0.15) is 226 Å². The Balaban J connectivity index is 4.52. The van der Waals surface area contributed by atoms with E-state index < -0.39 is 6.10 Å². The van der Waals surface area contributed by atoms with Crippen molar-refractivity contribution in [2.75, 3.05) is 13.2 Å². The van der Waals surface area contributed by atoms with E-state index in [4.69, 9.17) is 14.2 Å². The van der Waals surface area contributed by atoms with Crippen molar-refractivity contribution < 1.29 is 28.6 Å². The van der Waals surface area contributed by atoms with Crippen molar-refractivity contribution in [3.05, 3.63) is 97.2 Å². The molecule has 63 heavy (non-hydrogen) atoms. The van der Waals surface area contributed by atoms with E-state index >= 15 is 0 Å². The Bertz CT molecular complexity index is 1280. The van der Waals surface area contributed by atoms with Gasteiger partial charge in [0, 0.05) is 19.3 Å². The van der Waals surface area contributed by atoms with Crippen LogP contribution in [-0.4, -0.2) is 37.2 Å². The third-order valence-corrected chi connectivity index (χ3v) is 10.6. The minimum atomic E-state index is -0.815. The number of esters is 3. The van der Waals surface area contributed by atoms with Crippen molar-refractivity contribution in [2.24, 2.45) is 0 Å². The van der Waals surface area contributed by atoms with Gasteiger partial charge in [-0.05, 0) is 109 Å². The lowest BCUT2D eigenvalue weighted by Crippen LogP contribution is -2.30. The van der Waals surface area contributed by atoms with E-state index in [0.29, 0.717) is 19.3 Å². The molecule has 0 aliphatic heterocycles. The van der Waals surface area contributed by atoms with Gasteiger partial charge in [-0.25, -0.2) is 0 Å². The number of carbonyl (C=O) groups is 3. The van der Waals surface area contributed by atoms with Crippen LogP contribution in [0, 0.1) is 0 Å². The van der Waals surface area contributed by atoms with Crippen molar-refractivity contribution >= 4 is 17.9 Å². The number of rotatable bonds is 45. The zero-order valence-corrected chi connectivity index (χ0v) is 40.8. The Kier molecular flexibility index (Phi) is 48.0. The number of hydrogen-bond donors (Lipinski definition) is 0. The first-order chi connectivity index (χ1) is 31.0. The van der Waals surface area contributed by atoms with Gasteiger partial charge in [0.1, 0.15) is 13.2 Å². The predicted molar refractivity (Wildman–Crippen MR) is 270 cm³/mol. The summed E-state index contributed by atoms with van der Waals surface area (Å²) in [5.41, 5.74) is 0. The van der Waals surface area contributed by atoms with Crippen LogP contribution >= 0.6 is 0 Å². The molecule has 1 atom stereocenters. The fraction of sp³-hybridized carbons (Fsp3) is 0.667. The molecule has 0 fully saturated rings. The van der Waals surface area contributed by atoms with Gasteiger partial charge in [-0.3, -0.25) is 14.4 Å². The van der Waals surface area contributed by atoms with E-state index in [0.717, 1.165) is 103 Å². The van der Waals surface area contributed by atoms with Crippen LogP contribution in [0.4, 0.5) is 0 Å². The summed E-state index contributed by atoms with van der Waals surface area (Å²) in [6, 6.07) is 0. The first kappa shape index (κ1) is 59.3. The lowest BCUT2D eigenvalue weighted by molar-refractivity contribution is -0.166. The average Bonchev–Trinajstić information content (AvgIpc) is 3.28. The summed E-state index contributed by atoms with van der Waals surface area (Å²) < 4.78 is 16.7. The predicted octanol–water partition coefficient (Wildman–Crippen LogP) is 17.0. The normalized spacial score (nSPS) is 12.9. The molecule has 358 valence electrons. The summed E-state index contributed by atoms with van der Waals surface area (Å²) in [7, 11) is 0. The summed E-state index contributed by atoms with van der Waals surface area (Å²) in [4.78, 5) is 37.9. The number of allylic oxidation sites excluding steroid dienone is 16. The van der Waals surface area contributed by atoms with Crippen molar-refractivity contribution in [3.8, 4) is 0 Å². The zero-order valence-electron chi connectivity index (χ0n) is 40.8. The van der Waals surface area contributed by atoms with Crippen LogP contribution < -0.4 is 0 Å². The van der Waals surface area contributed by atoms with Crippen molar-refractivity contribution in [3.63, 3.8) is 0 Å². The van der Waals surface area contributed by atoms with Crippen LogP contribution in [0.5, 0.6) is 0 Å². The minimum absolute atomic E-state index is 0.109. The molecule has 0 bridgehead atoms. The second kappa shape index (κ2) is 51.0. The molecular formula is C57H94O6. The number of ether oxygens (including phenoxy) is 3. The largest absolute Gasteiger partial charge is 0.462 e. The lowest BCUT2D eigenvalue weighted by Gasteiger charge is -2.18. The zero-order chi connectivity index (χ0) is 45.8. The topological polar surface area (TPSA) is 78.9 Å². The molecule has 0 saturated heterocycles. The Labute approximate surface area is 387 Å². The highest BCUT2D eigenvalue weighted by molar-refractivity contribution is 5.71. The average molecular weight is 875 g/mol. The molecule has 0 rings (SSSR count).